The highest BCUT2D eigenvalue weighted by Crippen LogP contribution is 2.08. The normalized spacial score (nSPS) is 12.4. The van der Waals surface area contributed by atoms with Crippen LogP contribution in [0.25, 0.3) is 0 Å². The molecule has 0 aromatic heterocycles. The molecule has 0 bridgehead atoms. The molecule has 0 heterocycles. The summed E-state index contributed by atoms with van der Waals surface area (Å²) in [6.45, 7) is 0. The average Bonchev–Trinajstić information content (AvgIpc) is 2.31. The summed E-state index contributed by atoms with van der Waals surface area (Å²) in [5.41, 5.74) is 1.31. The van der Waals surface area contributed by atoms with Crippen LogP contribution in [0.5, 0.6) is 0 Å². The molecule has 0 radical (unpaired) electrons. The molecule has 0 aliphatic rings. The summed E-state index contributed by atoms with van der Waals surface area (Å²) in [4.78, 5) is 0. The van der Waals surface area contributed by atoms with E-state index in [9.17, 15) is 0 Å². The van der Waals surface area contributed by atoms with E-state index in [1.807, 2.05) is 30.3 Å². The number of halogens is 2. The van der Waals surface area contributed by atoms with Crippen molar-refractivity contribution in [3.05, 3.63) is 65.2 Å². The minimum atomic E-state index is -1.39. The van der Waals surface area contributed by atoms with E-state index in [1.165, 1.54) is 10.8 Å². The molecule has 0 fully saturated rings. The second kappa shape index (κ2) is 5.53. The molecular formula is C13H12Cl2Si. The lowest BCUT2D eigenvalue weighted by molar-refractivity contribution is 1.38. The van der Waals surface area contributed by atoms with Crippen LogP contribution in [0.4, 0.5) is 0 Å². The summed E-state index contributed by atoms with van der Waals surface area (Å²) in [5.74, 6) is 0. The van der Waals surface area contributed by atoms with Gasteiger partial charge >= 0.3 is 0 Å². The molecule has 16 heavy (non-hydrogen) atoms. The molecule has 0 saturated heterocycles. The second-order valence-corrected chi connectivity index (χ2v) is 7.74. The second-order valence-electron chi connectivity index (χ2n) is 3.71. The summed E-state index contributed by atoms with van der Waals surface area (Å²) in [6, 6.07) is 19.2. The van der Waals surface area contributed by atoms with Gasteiger partial charge in [-0.3, -0.25) is 0 Å². The maximum Gasteiger partial charge on any atom is 0.175 e. The summed E-state index contributed by atoms with van der Waals surface area (Å²) < 4.78 is 0. The van der Waals surface area contributed by atoms with Gasteiger partial charge in [-0.2, -0.15) is 11.1 Å². The van der Waals surface area contributed by atoms with Gasteiger partial charge in [0, 0.05) is 5.02 Å². The van der Waals surface area contributed by atoms with E-state index in [1.54, 1.807) is 0 Å². The number of hydrogen-bond donors (Lipinski definition) is 0. The topological polar surface area (TPSA) is 0 Å². The van der Waals surface area contributed by atoms with Gasteiger partial charge < -0.3 is 0 Å². The molecule has 0 aliphatic carbocycles. The van der Waals surface area contributed by atoms with Gasteiger partial charge in [0.25, 0.3) is 0 Å². The van der Waals surface area contributed by atoms with E-state index in [2.05, 4.69) is 24.3 Å². The third-order valence-electron chi connectivity index (χ3n) is 2.49. The van der Waals surface area contributed by atoms with Crippen LogP contribution in [-0.4, -0.2) is 8.11 Å². The summed E-state index contributed by atoms with van der Waals surface area (Å²) in [5, 5.41) is 2.01. The smallest absolute Gasteiger partial charge is 0.165 e. The first-order valence-electron chi connectivity index (χ1n) is 5.19. The first-order chi connectivity index (χ1) is 7.75. The SMILES string of the molecule is Clc1ccc([SiH](Cl)Cc2ccccc2)cc1. The number of hydrogen-bond acceptors (Lipinski definition) is 0. The molecule has 82 valence electrons. The fourth-order valence-corrected chi connectivity index (χ4v) is 4.24. The van der Waals surface area contributed by atoms with E-state index in [4.69, 9.17) is 22.7 Å². The van der Waals surface area contributed by atoms with E-state index < -0.39 is 8.11 Å². The zero-order chi connectivity index (χ0) is 11.4. The molecule has 0 spiro atoms. The quantitative estimate of drug-likeness (QED) is 0.591. The maximum atomic E-state index is 6.49. The van der Waals surface area contributed by atoms with Crippen molar-refractivity contribution in [2.75, 3.05) is 0 Å². The predicted molar refractivity (Wildman–Crippen MR) is 74.2 cm³/mol. The van der Waals surface area contributed by atoms with Crippen molar-refractivity contribution in [1.29, 1.82) is 0 Å². The Morgan fingerprint density at radius 1 is 0.875 bits per heavy atom. The Morgan fingerprint density at radius 2 is 1.50 bits per heavy atom. The summed E-state index contributed by atoms with van der Waals surface area (Å²) in [6.07, 6.45) is 0. The molecule has 1 unspecified atom stereocenters. The lowest BCUT2D eigenvalue weighted by atomic mass is 10.2. The third kappa shape index (κ3) is 3.11. The zero-order valence-electron chi connectivity index (χ0n) is 8.74. The van der Waals surface area contributed by atoms with Gasteiger partial charge in [-0.05, 0) is 28.9 Å². The van der Waals surface area contributed by atoms with E-state index >= 15 is 0 Å². The molecule has 0 amide bonds. The van der Waals surface area contributed by atoms with Crippen LogP contribution in [0, 0.1) is 0 Å². The minimum absolute atomic E-state index is 0.765. The average molecular weight is 267 g/mol. The molecule has 0 N–H and O–H groups in total. The Balaban J connectivity index is 2.09. The van der Waals surface area contributed by atoms with Crippen molar-refractivity contribution in [2.45, 2.75) is 6.04 Å². The van der Waals surface area contributed by atoms with E-state index in [0.29, 0.717) is 0 Å². The zero-order valence-corrected chi connectivity index (χ0v) is 11.4. The lowest BCUT2D eigenvalue weighted by Gasteiger charge is -2.08. The van der Waals surface area contributed by atoms with Gasteiger partial charge in [-0.1, -0.05) is 54.1 Å². The highest BCUT2D eigenvalue weighted by atomic mass is 35.6. The van der Waals surface area contributed by atoms with Crippen LogP contribution in [0.3, 0.4) is 0 Å². The Morgan fingerprint density at radius 3 is 2.12 bits per heavy atom. The van der Waals surface area contributed by atoms with Gasteiger partial charge in [0.15, 0.2) is 8.11 Å². The van der Waals surface area contributed by atoms with Crippen LogP contribution in [0.2, 0.25) is 5.02 Å². The van der Waals surface area contributed by atoms with Gasteiger partial charge in [0.05, 0.1) is 0 Å². The number of benzene rings is 2. The fourth-order valence-electron chi connectivity index (χ4n) is 1.61. The van der Waals surface area contributed by atoms with Crippen molar-refractivity contribution in [1.82, 2.24) is 0 Å². The minimum Gasteiger partial charge on any atom is -0.165 e. The third-order valence-corrected chi connectivity index (χ3v) is 5.90. The van der Waals surface area contributed by atoms with Crippen LogP contribution < -0.4 is 5.19 Å². The first-order valence-corrected chi connectivity index (χ1v) is 8.71. The van der Waals surface area contributed by atoms with E-state index in [0.717, 1.165) is 11.1 Å². The van der Waals surface area contributed by atoms with Gasteiger partial charge in [0.1, 0.15) is 0 Å². The molecule has 2 aromatic rings. The van der Waals surface area contributed by atoms with Crippen molar-refractivity contribution in [3.63, 3.8) is 0 Å². The highest BCUT2D eigenvalue weighted by molar-refractivity contribution is 7.13. The lowest BCUT2D eigenvalue weighted by Crippen LogP contribution is -2.26. The Hall–Kier alpha value is -0.763. The van der Waals surface area contributed by atoms with Crippen molar-refractivity contribution in [2.24, 2.45) is 0 Å². The molecular weight excluding hydrogens is 255 g/mol. The molecule has 0 saturated carbocycles. The predicted octanol–water partition coefficient (Wildman–Crippen LogP) is 3.29. The van der Waals surface area contributed by atoms with Crippen LogP contribution >= 0.6 is 22.7 Å². The van der Waals surface area contributed by atoms with Gasteiger partial charge in [-0.15, -0.1) is 0 Å². The number of rotatable bonds is 3. The fraction of sp³-hybridized carbons (Fsp3) is 0.0769. The molecule has 1 atom stereocenters. The van der Waals surface area contributed by atoms with Gasteiger partial charge in [-0.25, -0.2) is 0 Å². The first kappa shape index (κ1) is 11.7. The van der Waals surface area contributed by atoms with Crippen LogP contribution in [-0.2, 0) is 6.04 Å². The molecule has 3 heteroatoms. The largest absolute Gasteiger partial charge is 0.175 e. The summed E-state index contributed by atoms with van der Waals surface area (Å²) in [7, 11) is -1.39. The van der Waals surface area contributed by atoms with Crippen LogP contribution in [0.1, 0.15) is 5.56 Å². The Kier molecular flexibility index (Phi) is 4.05. The summed E-state index contributed by atoms with van der Waals surface area (Å²) >= 11 is 12.3. The monoisotopic (exact) mass is 266 g/mol. The van der Waals surface area contributed by atoms with Crippen molar-refractivity contribution in [3.8, 4) is 0 Å². The molecule has 2 rings (SSSR count). The maximum absolute atomic E-state index is 6.49. The standard InChI is InChI=1S/C13H12Cl2Si/c14-12-6-8-13(9-7-12)16(15)10-11-4-2-1-3-5-11/h1-9,16H,10H2. The Labute approximate surface area is 107 Å². The van der Waals surface area contributed by atoms with Gasteiger partial charge in [0.2, 0.25) is 0 Å². The molecule has 0 aliphatic heterocycles. The Bertz CT molecular complexity index is 439. The van der Waals surface area contributed by atoms with Crippen molar-refractivity contribution >= 4 is 36.0 Å². The highest BCUT2D eigenvalue weighted by Gasteiger charge is 2.10. The van der Waals surface area contributed by atoms with Crippen molar-refractivity contribution < 1.29 is 0 Å². The molecule has 0 nitrogen and oxygen atoms in total. The van der Waals surface area contributed by atoms with Crippen LogP contribution in [0.15, 0.2) is 54.6 Å². The molecule has 2 aromatic carbocycles. The van der Waals surface area contributed by atoms with E-state index in [-0.39, 0.29) is 0 Å².